The molecule has 2 aromatic rings. The Balaban J connectivity index is 1.84. The number of nitrogens with two attached hydrogens (primary N) is 2. The topological polar surface area (TPSA) is 81.1 Å². The number of benzene rings is 1. The van der Waals surface area contributed by atoms with Crippen LogP contribution in [0.2, 0.25) is 0 Å². The SMILES string of the molecule is C=C/C=C(\C=C/N)Sc1ccc(N(C)c2nc(N)nc3c2CCCC3)cc1. The van der Waals surface area contributed by atoms with Crippen LogP contribution >= 0.6 is 11.8 Å². The number of anilines is 3. The quantitative estimate of drug-likeness (QED) is 0.574. The highest BCUT2D eigenvalue weighted by Gasteiger charge is 2.20. The maximum absolute atomic E-state index is 5.95. The Morgan fingerprint density at radius 1 is 1.19 bits per heavy atom. The Morgan fingerprint density at radius 2 is 1.93 bits per heavy atom. The van der Waals surface area contributed by atoms with Crippen LogP contribution in [-0.2, 0) is 12.8 Å². The van der Waals surface area contributed by atoms with Crippen molar-refractivity contribution in [3.05, 3.63) is 71.4 Å². The van der Waals surface area contributed by atoms with Gasteiger partial charge in [0.25, 0.3) is 0 Å². The maximum Gasteiger partial charge on any atom is 0.222 e. The van der Waals surface area contributed by atoms with Gasteiger partial charge in [-0.15, -0.1) is 0 Å². The lowest BCUT2D eigenvalue weighted by Crippen LogP contribution is -2.19. The molecule has 0 bridgehead atoms. The van der Waals surface area contributed by atoms with E-state index in [4.69, 9.17) is 11.5 Å². The molecule has 1 aliphatic carbocycles. The summed E-state index contributed by atoms with van der Waals surface area (Å²) in [6, 6.07) is 8.37. The van der Waals surface area contributed by atoms with E-state index in [2.05, 4.69) is 45.7 Å². The second-order valence-electron chi connectivity index (χ2n) is 6.36. The van der Waals surface area contributed by atoms with Crippen molar-refractivity contribution >= 4 is 29.2 Å². The molecule has 0 saturated heterocycles. The molecule has 1 aromatic heterocycles. The smallest absolute Gasteiger partial charge is 0.222 e. The molecule has 1 aromatic carbocycles. The first-order valence-electron chi connectivity index (χ1n) is 9.00. The first-order valence-corrected chi connectivity index (χ1v) is 9.82. The molecule has 1 heterocycles. The summed E-state index contributed by atoms with van der Waals surface area (Å²) in [6.45, 7) is 3.74. The summed E-state index contributed by atoms with van der Waals surface area (Å²) in [5.41, 5.74) is 14.8. The van der Waals surface area contributed by atoms with Crippen LogP contribution in [0.25, 0.3) is 0 Å². The van der Waals surface area contributed by atoms with Gasteiger partial charge >= 0.3 is 0 Å². The number of hydrogen-bond acceptors (Lipinski definition) is 6. The molecule has 0 unspecified atom stereocenters. The fraction of sp³-hybridized carbons (Fsp3) is 0.238. The van der Waals surface area contributed by atoms with E-state index in [0.717, 1.165) is 46.3 Å². The van der Waals surface area contributed by atoms with Gasteiger partial charge in [0, 0.05) is 28.1 Å². The molecular formula is C21H25N5S. The van der Waals surface area contributed by atoms with Crippen LogP contribution in [-0.4, -0.2) is 17.0 Å². The zero-order chi connectivity index (χ0) is 19.2. The van der Waals surface area contributed by atoms with Crippen molar-refractivity contribution in [2.75, 3.05) is 17.7 Å². The zero-order valence-corrected chi connectivity index (χ0v) is 16.4. The summed E-state index contributed by atoms with van der Waals surface area (Å²) < 4.78 is 0. The van der Waals surface area contributed by atoms with E-state index in [1.807, 2.05) is 19.2 Å². The fourth-order valence-corrected chi connectivity index (χ4v) is 4.06. The summed E-state index contributed by atoms with van der Waals surface area (Å²) >= 11 is 1.64. The Hall–Kier alpha value is -2.73. The van der Waals surface area contributed by atoms with Gasteiger partial charge in [0.2, 0.25) is 5.95 Å². The van der Waals surface area contributed by atoms with Gasteiger partial charge in [0.1, 0.15) is 5.82 Å². The molecule has 6 heteroatoms. The standard InChI is InChI=1S/C21H25N5S/c1-3-6-16(13-14-22)27-17-11-9-15(10-12-17)26(2)20-18-7-4-5-8-19(18)24-21(23)25-20/h3,6,9-14H,1,4-5,7-8,22H2,2H3,(H2,23,24,25)/b14-13-,16-6+. The highest BCUT2D eigenvalue weighted by Crippen LogP contribution is 2.34. The Labute approximate surface area is 164 Å². The number of aryl methyl sites for hydroxylation is 1. The molecule has 0 saturated carbocycles. The molecule has 1 aliphatic rings. The third kappa shape index (κ3) is 4.52. The van der Waals surface area contributed by atoms with Gasteiger partial charge in [0.15, 0.2) is 0 Å². The fourth-order valence-electron chi connectivity index (χ4n) is 3.20. The van der Waals surface area contributed by atoms with Gasteiger partial charge < -0.3 is 16.4 Å². The average molecular weight is 380 g/mol. The molecule has 5 nitrogen and oxygen atoms in total. The predicted molar refractivity (Wildman–Crippen MR) is 115 cm³/mol. The van der Waals surface area contributed by atoms with Gasteiger partial charge in [-0.1, -0.05) is 24.4 Å². The second kappa shape index (κ2) is 8.77. The number of fused-ring (bicyclic) bond motifs is 1. The zero-order valence-electron chi connectivity index (χ0n) is 15.6. The van der Waals surface area contributed by atoms with E-state index in [-0.39, 0.29) is 0 Å². The first-order chi connectivity index (χ1) is 13.1. The van der Waals surface area contributed by atoms with Crippen LogP contribution in [0.5, 0.6) is 0 Å². The second-order valence-corrected chi connectivity index (χ2v) is 7.50. The molecule has 0 aliphatic heterocycles. The molecule has 4 N–H and O–H groups in total. The van der Waals surface area contributed by atoms with Crippen LogP contribution < -0.4 is 16.4 Å². The Kier molecular flexibility index (Phi) is 6.19. The molecule has 0 radical (unpaired) electrons. The minimum absolute atomic E-state index is 0.345. The van der Waals surface area contributed by atoms with Gasteiger partial charge in [-0.2, -0.15) is 4.98 Å². The van der Waals surface area contributed by atoms with E-state index < -0.39 is 0 Å². The summed E-state index contributed by atoms with van der Waals surface area (Å²) in [5, 5.41) is 0. The molecule has 0 amide bonds. The van der Waals surface area contributed by atoms with Crippen molar-refractivity contribution in [3.8, 4) is 0 Å². The summed E-state index contributed by atoms with van der Waals surface area (Å²) in [6.07, 6.45) is 11.4. The molecule has 0 fully saturated rings. The molecule has 27 heavy (non-hydrogen) atoms. The number of hydrogen-bond donors (Lipinski definition) is 2. The monoisotopic (exact) mass is 379 g/mol. The number of thioether (sulfide) groups is 1. The van der Waals surface area contributed by atoms with Crippen molar-refractivity contribution in [3.63, 3.8) is 0 Å². The number of aromatic nitrogens is 2. The molecular weight excluding hydrogens is 354 g/mol. The lowest BCUT2D eigenvalue weighted by Gasteiger charge is -2.25. The normalized spacial score (nSPS) is 14.2. The van der Waals surface area contributed by atoms with Gasteiger partial charge in [0.05, 0.1) is 5.69 Å². The highest BCUT2D eigenvalue weighted by molar-refractivity contribution is 8.03. The first kappa shape index (κ1) is 19.0. The molecule has 140 valence electrons. The molecule has 0 atom stereocenters. The van der Waals surface area contributed by atoms with Gasteiger partial charge in [-0.25, -0.2) is 4.98 Å². The Morgan fingerprint density at radius 3 is 2.63 bits per heavy atom. The van der Waals surface area contributed by atoms with Crippen molar-refractivity contribution < 1.29 is 0 Å². The molecule has 3 rings (SSSR count). The van der Waals surface area contributed by atoms with E-state index in [9.17, 15) is 0 Å². The largest absolute Gasteiger partial charge is 0.405 e. The van der Waals surface area contributed by atoms with Crippen LogP contribution in [0.1, 0.15) is 24.1 Å². The molecule has 0 spiro atoms. The van der Waals surface area contributed by atoms with Gasteiger partial charge in [-0.05, 0) is 68.3 Å². The Bertz CT molecular complexity index is 871. The van der Waals surface area contributed by atoms with E-state index in [1.54, 1.807) is 17.8 Å². The lowest BCUT2D eigenvalue weighted by atomic mass is 9.96. The number of rotatable bonds is 6. The summed E-state index contributed by atoms with van der Waals surface area (Å²) in [4.78, 5) is 13.2. The predicted octanol–water partition coefficient (Wildman–Crippen LogP) is 4.34. The summed E-state index contributed by atoms with van der Waals surface area (Å²) in [7, 11) is 2.03. The van der Waals surface area contributed by atoms with Crippen molar-refractivity contribution in [2.45, 2.75) is 30.6 Å². The highest BCUT2D eigenvalue weighted by atomic mass is 32.2. The average Bonchev–Trinajstić information content (AvgIpc) is 2.68. The summed E-state index contributed by atoms with van der Waals surface area (Å²) in [5.74, 6) is 1.26. The van der Waals surface area contributed by atoms with Crippen LogP contribution in [0.4, 0.5) is 17.5 Å². The lowest BCUT2D eigenvalue weighted by molar-refractivity contribution is 0.663. The van der Waals surface area contributed by atoms with E-state index in [1.165, 1.54) is 18.2 Å². The van der Waals surface area contributed by atoms with E-state index in [0.29, 0.717) is 5.95 Å². The van der Waals surface area contributed by atoms with Crippen LogP contribution in [0.3, 0.4) is 0 Å². The van der Waals surface area contributed by atoms with Crippen LogP contribution in [0.15, 0.2) is 65.1 Å². The van der Waals surface area contributed by atoms with Gasteiger partial charge in [-0.3, -0.25) is 0 Å². The minimum Gasteiger partial charge on any atom is -0.405 e. The maximum atomic E-state index is 5.95. The van der Waals surface area contributed by atoms with E-state index >= 15 is 0 Å². The van der Waals surface area contributed by atoms with Crippen molar-refractivity contribution in [1.29, 1.82) is 0 Å². The third-order valence-corrected chi connectivity index (χ3v) is 5.51. The van der Waals surface area contributed by atoms with Crippen molar-refractivity contribution in [1.82, 2.24) is 9.97 Å². The van der Waals surface area contributed by atoms with Crippen LogP contribution in [0, 0.1) is 0 Å². The van der Waals surface area contributed by atoms with Crippen molar-refractivity contribution in [2.24, 2.45) is 5.73 Å². The third-order valence-electron chi connectivity index (χ3n) is 4.50. The number of nitrogens with zero attached hydrogens (tertiary/aromatic N) is 3. The number of nitrogen functional groups attached to an aromatic ring is 1. The number of allylic oxidation sites excluding steroid dienone is 3. The minimum atomic E-state index is 0.345.